The molecule has 0 aromatic carbocycles. The Hall–Kier alpha value is -2.29. The summed E-state index contributed by atoms with van der Waals surface area (Å²) < 4.78 is 3.80. The zero-order chi connectivity index (χ0) is 17.2. The highest BCUT2D eigenvalue weighted by molar-refractivity contribution is 5.92. The van der Waals surface area contributed by atoms with E-state index in [1.165, 1.54) is 0 Å². The Labute approximate surface area is 146 Å². The summed E-state index contributed by atoms with van der Waals surface area (Å²) in [6.07, 6.45) is 8.17. The number of likely N-dealkylation sites (tertiary alicyclic amines) is 1. The number of nitrogens with zero attached hydrogens (tertiary/aromatic N) is 7. The van der Waals surface area contributed by atoms with Gasteiger partial charge in [0.1, 0.15) is 0 Å². The number of piperidine rings is 1. The maximum absolute atomic E-state index is 12.6. The van der Waals surface area contributed by atoms with Gasteiger partial charge in [0.05, 0.1) is 17.9 Å². The molecule has 4 rings (SSSR count). The summed E-state index contributed by atoms with van der Waals surface area (Å²) in [4.78, 5) is 14.9. The minimum atomic E-state index is -0.0322. The molecule has 1 fully saturated rings. The van der Waals surface area contributed by atoms with Crippen LogP contribution < -0.4 is 5.32 Å². The van der Waals surface area contributed by atoms with E-state index in [0.717, 1.165) is 56.7 Å². The molecule has 1 saturated heterocycles. The van der Waals surface area contributed by atoms with Gasteiger partial charge >= 0.3 is 0 Å². The molecule has 0 aliphatic carbocycles. The maximum Gasteiger partial charge on any atom is 0.227 e. The van der Waals surface area contributed by atoms with Crippen molar-refractivity contribution in [1.29, 1.82) is 0 Å². The number of hydrogen-bond donors (Lipinski definition) is 1. The first-order valence-electron chi connectivity index (χ1n) is 8.97. The van der Waals surface area contributed by atoms with Crippen molar-refractivity contribution in [3.05, 3.63) is 18.2 Å². The molecule has 2 aromatic heterocycles. The highest BCUT2D eigenvalue weighted by atomic mass is 16.1. The minimum Gasteiger partial charge on any atom is -0.323 e. The Morgan fingerprint density at radius 3 is 2.88 bits per heavy atom. The monoisotopic (exact) mass is 344 g/mol. The van der Waals surface area contributed by atoms with E-state index >= 15 is 0 Å². The normalized spacial score (nSPS) is 22.4. The minimum absolute atomic E-state index is 0.0322. The number of rotatable bonds is 3. The Balaban J connectivity index is 1.34. The molecule has 0 radical (unpaired) electrons. The quantitative estimate of drug-likeness (QED) is 0.882. The van der Waals surface area contributed by atoms with Crippen molar-refractivity contribution in [2.75, 3.05) is 25.5 Å². The Kier molecular flexibility index (Phi) is 4.48. The molecule has 1 amide bonds. The van der Waals surface area contributed by atoms with Crippen LogP contribution in [0.3, 0.4) is 0 Å². The molecule has 2 aromatic rings. The van der Waals surface area contributed by atoms with Gasteiger partial charge in [-0.05, 0) is 56.2 Å². The number of tetrazole rings is 1. The van der Waals surface area contributed by atoms with Crippen LogP contribution in [-0.2, 0) is 17.8 Å². The first-order valence-corrected chi connectivity index (χ1v) is 8.97. The molecule has 1 atom stereocenters. The van der Waals surface area contributed by atoms with E-state index in [2.05, 4.69) is 37.9 Å². The number of carbonyl (C=O) groups excluding carboxylic acids is 1. The van der Waals surface area contributed by atoms with Crippen LogP contribution in [0.2, 0.25) is 0 Å². The van der Waals surface area contributed by atoms with E-state index in [0.29, 0.717) is 12.6 Å². The Bertz CT molecular complexity index is 708. The SMILES string of the molecule is CN1CCC(n2cc(NC(=O)C3CCc4nnnn4CC3)cn2)CC1. The molecule has 1 unspecified atom stereocenters. The topological polar surface area (TPSA) is 93.8 Å². The third-order valence-corrected chi connectivity index (χ3v) is 5.31. The second-order valence-electron chi connectivity index (χ2n) is 7.08. The van der Waals surface area contributed by atoms with Crippen molar-refractivity contribution < 1.29 is 4.79 Å². The molecule has 0 bridgehead atoms. The second kappa shape index (κ2) is 6.91. The van der Waals surface area contributed by atoms with Gasteiger partial charge in [-0.2, -0.15) is 5.10 Å². The second-order valence-corrected chi connectivity index (χ2v) is 7.08. The van der Waals surface area contributed by atoms with Crippen LogP contribution in [0.5, 0.6) is 0 Å². The van der Waals surface area contributed by atoms with Crippen molar-refractivity contribution in [3.63, 3.8) is 0 Å². The van der Waals surface area contributed by atoms with Gasteiger partial charge in [0.2, 0.25) is 5.91 Å². The number of hydrogen-bond acceptors (Lipinski definition) is 6. The van der Waals surface area contributed by atoms with Crippen LogP contribution >= 0.6 is 0 Å². The fourth-order valence-corrected chi connectivity index (χ4v) is 3.67. The van der Waals surface area contributed by atoms with Gasteiger partial charge in [-0.15, -0.1) is 5.10 Å². The van der Waals surface area contributed by atoms with Gasteiger partial charge in [0.15, 0.2) is 5.82 Å². The summed E-state index contributed by atoms with van der Waals surface area (Å²) in [5, 5.41) is 19.1. The lowest BCUT2D eigenvalue weighted by atomic mass is 9.99. The molecule has 4 heterocycles. The average molecular weight is 344 g/mol. The van der Waals surface area contributed by atoms with Crippen LogP contribution in [0.4, 0.5) is 5.69 Å². The first kappa shape index (κ1) is 16.2. The zero-order valence-corrected chi connectivity index (χ0v) is 14.5. The van der Waals surface area contributed by atoms with Crippen LogP contribution in [0, 0.1) is 5.92 Å². The molecular weight excluding hydrogens is 320 g/mol. The molecule has 134 valence electrons. The van der Waals surface area contributed by atoms with Gasteiger partial charge in [-0.1, -0.05) is 0 Å². The standard InChI is InChI=1S/C16H24N8O/c1-22-7-5-14(6-8-22)24-11-13(10-17-24)18-16(25)12-2-3-15-19-20-21-23(15)9-4-12/h10-12,14H,2-9H2,1H3,(H,18,25). The summed E-state index contributed by atoms with van der Waals surface area (Å²) in [5.41, 5.74) is 0.783. The largest absolute Gasteiger partial charge is 0.323 e. The fourth-order valence-electron chi connectivity index (χ4n) is 3.67. The number of anilines is 1. The van der Waals surface area contributed by atoms with Gasteiger partial charge in [-0.25, -0.2) is 4.68 Å². The lowest BCUT2D eigenvalue weighted by Crippen LogP contribution is -2.31. The molecule has 2 aliphatic heterocycles. The molecule has 0 spiro atoms. The van der Waals surface area contributed by atoms with Crippen molar-refractivity contribution in [3.8, 4) is 0 Å². The zero-order valence-electron chi connectivity index (χ0n) is 14.5. The van der Waals surface area contributed by atoms with Crippen molar-refractivity contribution in [2.45, 2.75) is 44.7 Å². The fraction of sp³-hybridized carbons (Fsp3) is 0.688. The molecule has 9 heteroatoms. The van der Waals surface area contributed by atoms with E-state index in [9.17, 15) is 4.79 Å². The van der Waals surface area contributed by atoms with Crippen LogP contribution in [-0.4, -0.2) is 60.9 Å². The number of amides is 1. The first-order chi connectivity index (χ1) is 12.2. The number of fused-ring (bicyclic) bond motifs is 1. The lowest BCUT2D eigenvalue weighted by molar-refractivity contribution is -0.120. The lowest BCUT2D eigenvalue weighted by Gasteiger charge is -2.28. The predicted molar refractivity (Wildman–Crippen MR) is 90.9 cm³/mol. The molecule has 25 heavy (non-hydrogen) atoms. The summed E-state index contributed by atoms with van der Waals surface area (Å²) in [5.74, 6) is 0.891. The van der Waals surface area contributed by atoms with E-state index in [1.54, 1.807) is 10.9 Å². The van der Waals surface area contributed by atoms with E-state index in [1.807, 2.05) is 10.9 Å². The summed E-state index contributed by atoms with van der Waals surface area (Å²) in [6, 6.07) is 0.426. The third-order valence-electron chi connectivity index (χ3n) is 5.31. The van der Waals surface area contributed by atoms with E-state index in [4.69, 9.17) is 0 Å². The van der Waals surface area contributed by atoms with E-state index in [-0.39, 0.29) is 11.8 Å². The highest BCUT2D eigenvalue weighted by Gasteiger charge is 2.25. The van der Waals surface area contributed by atoms with Crippen LogP contribution in [0.25, 0.3) is 0 Å². The van der Waals surface area contributed by atoms with Crippen molar-refractivity contribution in [2.24, 2.45) is 5.92 Å². The maximum atomic E-state index is 12.6. The van der Waals surface area contributed by atoms with Gasteiger partial charge < -0.3 is 10.2 Å². The third kappa shape index (κ3) is 3.55. The van der Waals surface area contributed by atoms with E-state index < -0.39 is 0 Å². The number of aryl methyl sites for hydroxylation is 2. The summed E-state index contributed by atoms with van der Waals surface area (Å²) >= 11 is 0. The summed E-state index contributed by atoms with van der Waals surface area (Å²) in [7, 11) is 2.15. The highest BCUT2D eigenvalue weighted by Crippen LogP contribution is 2.23. The van der Waals surface area contributed by atoms with Crippen molar-refractivity contribution in [1.82, 2.24) is 34.9 Å². The molecular formula is C16H24N8O. The number of aromatic nitrogens is 6. The summed E-state index contributed by atoms with van der Waals surface area (Å²) in [6.45, 7) is 2.87. The number of nitrogens with one attached hydrogen (secondary N) is 1. The van der Waals surface area contributed by atoms with Crippen LogP contribution in [0.15, 0.2) is 12.4 Å². The Morgan fingerprint density at radius 2 is 2.04 bits per heavy atom. The van der Waals surface area contributed by atoms with Gasteiger partial charge in [0.25, 0.3) is 0 Å². The number of carbonyl (C=O) groups is 1. The van der Waals surface area contributed by atoms with Gasteiger partial charge in [0, 0.05) is 25.1 Å². The van der Waals surface area contributed by atoms with Gasteiger partial charge in [-0.3, -0.25) is 9.48 Å². The average Bonchev–Trinajstić information content (AvgIpc) is 3.21. The predicted octanol–water partition coefficient (Wildman–Crippen LogP) is 0.727. The van der Waals surface area contributed by atoms with Crippen molar-refractivity contribution >= 4 is 11.6 Å². The molecule has 0 saturated carbocycles. The molecule has 9 nitrogen and oxygen atoms in total. The Morgan fingerprint density at radius 1 is 1.20 bits per heavy atom. The van der Waals surface area contributed by atoms with Crippen LogP contribution in [0.1, 0.15) is 37.5 Å². The smallest absolute Gasteiger partial charge is 0.227 e. The molecule has 2 aliphatic rings. The molecule has 1 N–H and O–H groups in total.